The monoisotopic (exact) mass is 360 g/mol. The fourth-order valence-electron chi connectivity index (χ4n) is 2.05. The molecule has 0 unspecified atom stereocenters. The van der Waals surface area contributed by atoms with Crippen LogP contribution in [0.3, 0.4) is 0 Å². The molecular formula is C17H17BrN2S. The van der Waals surface area contributed by atoms with E-state index in [2.05, 4.69) is 52.1 Å². The van der Waals surface area contributed by atoms with Crippen LogP contribution >= 0.6 is 28.3 Å². The molecule has 0 radical (unpaired) electrons. The predicted molar refractivity (Wildman–Crippen MR) is 96.5 cm³/mol. The number of nitrogens with one attached hydrogen (secondary N) is 1. The van der Waals surface area contributed by atoms with Gasteiger partial charge in [0.05, 0.1) is 5.69 Å². The third-order valence-electron chi connectivity index (χ3n) is 3.11. The van der Waals surface area contributed by atoms with Gasteiger partial charge in [-0.1, -0.05) is 60.7 Å². The van der Waals surface area contributed by atoms with Crippen LogP contribution in [0.4, 0.5) is 5.13 Å². The van der Waals surface area contributed by atoms with E-state index >= 15 is 0 Å². The maximum absolute atomic E-state index is 4.62. The molecule has 0 atom stereocenters. The summed E-state index contributed by atoms with van der Waals surface area (Å²) < 4.78 is 0. The lowest BCUT2D eigenvalue weighted by Gasteiger charge is -2.02. The van der Waals surface area contributed by atoms with Crippen LogP contribution in [-0.4, -0.2) is 11.5 Å². The van der Waals surface area contributed by atoms with Crippen LogP contribution in [0.5, 0.6) is 0 Å². The molecule has 0 aliphatic heterocycles. The van der Waals surface area contributed by atoms with Crippen molar-refractivity contribution in [2.45, 2.75) is 6.42 Å². The molecule has 0 amide bonds. The average molecular weight is 361 g/mol. The molecule has 0 aliphatic rings. The Hall–Kier alpha value is -1.65. The number of rotatable bonds is 5. The maximum atomic E-state index is 4.62. The van der Waals surface area contributed by atoms with Gasteiger partial charge in [-0.3, -0.25) is 0 Å². The van der Waals surface area contributed by atoms with Crippen LogP contribution in [0, 0.1) is 0 Å². The van der Waals surface area contributed by atoms with Gasteiger partial charge < -0.3 is 5.32 Å². The molecule has 0 saturated heterocycles. The van der Waals surface area contributed by atoms with Crippen molar-refractivity contribution in [1.82, 2.24) is 4.98 Å². The summed E-state index contributed by atoms with van der Waals surface area (Å²) in [6.07, 6.45) is 1.01. The molecule has 108 valence electrons. The van der Waals surface area contributed by atoms with Gasteiger partial charge in [-0.25, -0.2) is 4.98 Å². The van der Waals surface area contributed by atoms with Crippen molar-refractivity contribution < 1.29 is 0 Å². The Labute approximate surface area is 139 Å². The molecule has 2 aromatic carbocycles. The Balaban J connectivity index is 0.00000161. The molecule has 1 aromatic heterocycles. The summed E-state index contributed by atoms with van der Waals surface area (Å²) in [6, 6.07) is 20.8. The smallest absolute Gasteiger partial charge is 0.183 e. The van der Waals surface area contributed by atoms with Gasteiger partial charge in [0.2, 0.25) is 0 Å². The fraction of sp³-hybridized carbons (Fsp3) is 0.118. The van der Waals surface area contributed by atoms with Crippen molar-refractivity contribution in [1.29, 1.82) is 0 Å². The Morgan fingerprint density at radius 2 is 1.57 bits per heavy atom. The molecule has 0 bridgehead atoms. The summed E-state index contributed by atoms with van der Waals surface area (Å²) in [4.78, 5) is 4.62. The van der Waals surface area contributed by atoms with E-state index in [-0.39, 0.29) is 17.0 Å². The first kappa shape index (κ1) is 15.7. The topological polar surface area (TPSA) is 24.9 Å². The fourth-order valence-corrected chi connectivity index (χ4v) is 2.80. The zero-order valence-corrected chi connectivity index (χ0v) is 14.1. The van der Waals surface area contributed by atoms with Crippen LogP contribution in [0.2, 0.25) is 0 Å². The third kappa shape index (κ3) is 4.41. The lowest BCUT2D eigenvalue weighted by molar-refractivity contribution is 1.02. The van der Waals surface area contributed by atoms with E-state index < -0.39 is 0 Å². The number of hydrogen-bond donors (Lipinski definition) is 1. The SMILES string of the molecule is Br.c1ccc(CCNc2nc(-c3ccccc3)cs2)cc1. The molecule has 3 aromatic rings. The summed E-state index contributed by atoms with van der Waals surface area (Å²) >= 11 is 1.66. The lowest BCUT2D eigenvalue weighted by atomic mass is 10.1. The lowest BCUT2D eigenvalue weighted by Crippen LogP contribution is -2.04. The molecular weight excluding hydrogens is 344 g/mol. The number of anilines is 1. The first-order chi connectivity index (χ1) is 9.92. The average Bonchev–Trinajstić information content (AvgIpc) is 2.98. The second-order valence-electron chi connectivity index (χ2n) is 4.57. The van der Waals surface area contributed by atoms with E-state index in [0.717, 1.165) is 23.8 Å². The van der Waals surface area contributed by atoms with Gasteiger partial charge in [0.15, 0.2) is 5.13 Å². The third-order valence-corrected chi connectivity index (χ3v) is 3.91. The Morgan fingerprint density at radius 1 is 0.905 bits per heavy atom. The van der Waals surface area contributed by atoms with Crippen molar-refractivity contribution >= 4 is 33.4 Å². The molecule has 0 saturated carbocycles. The Morgan fingerprint density at radius 3 is 2.29 bits per heavy atom. The van der Waals surface area contributed by atoms with E-state index in [4.69, 9.17) is 0 Å². The molecule has 2 nitrogen and oxygen atoms in total. The van der Waals surface area contributed by atoms with Crippen LogP contribution in [0.15, 0.2) is 66.0 Å². The van der Waals surface area contributed by atoms with Crippen LogP contribution in [-0.2, 0) is 6.42 Å². The van der Waals surface area contributed by atoms with Crippen molar-refractivity contribution in [3.05, 3.63) is 71.6 Å². The second-order valence-corrected chi connectivity index (χ2v) is 5.42. The van der Waals surface area contributed by atoms with Crippen LogP contribution in [0.25, 0.3) is 11.3 Å². The van der Waals surface area contributed by atoms with Crippen LogP contribution < -0.4 is 5.32 Å². The molecule has 21 heavy (non-hydrogen) atoms. The highest BCUT2D eigenvalue weighted by atomic mass is 79.9. The van der Waals surface area contributed by atoms with E-state index in [1.54, 1.807) is 11.3 Å². The van der Waals surface area contributed by atoms with Gasteiger partial charge in [-0.15, -0.1) is 28.3 Å². The Kier molecular flexibility index (Phi) is 5.96. The van der Waals surface area contributed by atoms with Gasteiger partial charge in [-0.2, -0.15) is 0 Å². The molecule has 0 fully saturated rings. The molecule has 1 N–H and O–H groups in total. The highest BCUT2D eigenvalue weighted by Gasteiger charge is 2.03. The highest BCUT2D eigenvalue weighted by molar-refractivity contribution is 8.93. The standard InChI is InChI=1S/C17H16N2S.BrH/c1-3-7-14(8-4-1)11-12-18-17-19-16(13-20-17)15-9-5-2-6-10-15;/h1-10,13H,11-12H2,(H,18,19);1H. The summed E-state index contributed by atoms with van der Waals surface area (Å²) in [5.41, 5.74) is 3.55. The number of thiazole rings is 1. The summed E-state index contributed by atoms with van der Waals surface area (Å²) in [6.45, 7) is 0.908. The van der Waals surface area contributed by atoms with Gasteiger partial charge in [0.25, 0.3) is 0 Å². The van der Waals surface area contributed by atoms with E-state index in [9.17, 15) is 0 Å². The molecule has 4 heteroatoms. The zero-order chi connectivity index (χ0) is 13.6. The minimum Gasteiger partial charge on any atom is -0.361 e. The van der Waals surface area contributed by atoms with Crippen molar-refractivity contribution in [2.75, 3.05) is 11.9 Å². The minimum atomic E-state index is 0. The number of halogens is 1. The number of nitrogens with zero attached hydrogens (tertiary/aromatic N) is 1. The van der Waals surface area contributed by atoms with E-state index in [1.807, 2.05) is 24.3 Å². The molecule has 3 rings (SSSR count). The number of hydrogen-bond acceptors (Lipinski definition) is 3. The highest BCUT2D eigenvalue weighted by Crippen LogP contribution is 2.24. The maximum Gasteiger partial charge on any atom is 0.183 e. The molecule has 0 spiro atoms. The number of benzene rings is 2. The summed E-state index contributed by atoms with van der Waals surface area (Å²) in [5.74, 6) is 0. The largest absolute Gasteiger partial charge is 0.361 e. The van der Waals surface area contributed by atoms with Crippen molar-refractivity contribution in [3.8, 4) is 11.3 Å². The predicted octanol–water partition coefficient (Wildman–Crippen LogP) is 5.04. The minimum absolute atomic E-state index is 0. The van der Waals surface area contributed by atoms with Crippen molar-refractivity contribution in [2.24, 2.45) is 0 Å². The van der Waals surface area contributed by atoms with Gasteiger partial charge in [-0.05, 0) is 12.0 Å². The normalized spacial score (nSPS) is 9.90. The second kappa shape index (κ2) is 7.96. The summed E-state index contributed by atoms with van der Waals surface area (Å²) in [5, 5.41) is 6.47. The van der Waals surface area contributed by atoms with Gasteiger partial charge in [0, 0.05) is 17.5 Å². The number of aromatic nitrogens is 1. The first-order valence-corrected chi connectivity index (χ1v) is 7.58. The molecule has 0 aliphatic carbocycles. The quantitative estimate of drug-likeness (QED) is 0.688. The van der Waals surface area contributed by atoms with Crippen molar-refractivity contribution in [3.63, 3.8) is 0 Å². The van der Waals surface area contributed by atoms with Crippen LogP contribution in [0.1, 0.15) is 5.56 Å². The van der Waals surface area contributed by atoms with E-state index in [1.165, 1.54) is 11.1 Å². The molecule has 1 heterocycles. The Bertz CT molecular complexity index is 653. The van der Waals surface area contributed by atoms with Gasteiger partial charge in [0.1, 0.15) is 0 Å². The van der Waals surface area contributed by atoms with E-state index in [0.29, 0.717) is 0 Å². The first-order valence-electron chi connectivity index (χ1n) is 6.70. The zero-order valence-electron chi connectivity index (χ0n) is 11.5. The summed E-state index contributed by atoms with van der Waals surface area (Å²) in [7, 11) is 0. The van der Waals surface area contributed by atoms with Gasteiger partial charge >= 0.3 is 0 Å².